The Morgan fingerprint density at radius 1 is 1.25 bits per heavy atom. The highest BCUT2D eigenvalue weighted by atomic mass is 16.5. The molecule has 1 aliphatic heterocycles. The summed E-state index contributed by atoms with van der Waals surface area (Å²) in [5, 5.41) is 2.96. The number of hydrogen-bond donors (Lipinski definition) is 2. The Morgan fingerprint density at radius 3 is 2.54 bits per heavy atom. The van der Waals surface area contributed by atoms with Crippen molar-refractivity contribution in [2.75, 3.05) is 31.6 Å². The summed E-state index contributed by atoms with van der Waals surface area (Å²) in [6.07, 6.45) is 1.23. The molecule has 0 atom stereocenters. The van der Waals surface area contributed by atoms with Crippen molar-refractivity contribution >= 4 is 23.5 Å². The predicted molar refractivity (Wildman–Crippen MR) is 89.4 cm³/mol. The summed E-state index contributed by atoms with van der Waals surface area (Å²) in [6, 6.07) is 6.80. The second-order valence-corrected chi connectivity index (χ2v) is 5.67. The van der Waals surface area contributed by atoms with Crippen LogP contribution in [0.1, 0.15) is 30.1 Å². The van der Waals surface area contributed by atoms with E-state index in [0.717, 1.165) is 0 Å². The summed E-state index contributed by atoms with van der Waals surface area (Å²) in [4.78, 5) is 37.1. The number of nitrogens with one attached hydrogen (secondary N) is 1. The molecule has 1 saturated heterocycles. The average Bonchev–Trinajstić information content (AvgIpc) is 2.60. The van der Waals surface area contributed by atoms with Gasteiger partial charge < -0.3 is 20.7 Å². The molecule has 24 heavy (non-hydrogen) atoms. The van der Waals surface area contributed by atoms with Gasteiger partial charge >= 0.3 is 5.97 Å². The molecule has 7 heteroatoms. The molecule has 1 aromatic rings. The Kier molecular flexibility index (Phi) is 6.17. The third-order valence-electron chi connectivity index (χ3n) is 4.09. The maximum atomic E-state index is 12.3. The van der Waals surface area contributed by atoms with Crippen LogP contribution in [0.4, 0.5) is 5.69 Å². The average molecular weight is 333 g/mol. The van der Waals surface area contributed by atoms with E-state index in [1.807, 2.05) is 0 Å². The number of esters is 1. The van der Waals surface area contributed by atoms with Gasteiger partial charge in [-0.15, -0.1) is 0 Å². The summed E-state index contributed by atoms with van der Waals surface area (Å²) >= 11 is 0. The van der Waals surface area contributed by atoms with Crippen molar-refractivity contribution < 1.29 is 19.1 Å². The fourth-order valence-corrected chi connectivity index (χ4v) is 2.76. The Balaban J connectivity index is 1.84. The molecule has 0 aromatic heterocycles. The number of ether oxygens (including phenoxy) is 1. The van der Waals surface area contributed by atoms with E-state index < -0.39 is 5.91 Å². The maximum absolute atomic E-state index is 12.3. The fourth-order valence-electron chi connectivity index (χ4n) is 2.76. The number of benzene rings is 1. The SMILES string of the molecule is CCOC(=O)C1CCN(C(=O)CNc2ccccc2C(N)=O)CC1. The van der Waals surface area contributed by atoms with Crippen LogP contribution in [0.2, 0.25) is 0 Å². The Labute approximate surface area is 141 Å². The first-order chi connectivity index (χ1) is 11.5. The quantitative estimate of drug-likeness (QED) is 0.756. The lowest BCUT2D eigenvalue weighted by Crippen LogP contribution is -2.43. The van der Waals surface area contributed by atoms with Crippen LogP contribution in [0, 0.1) is 5.92 Å². The lowest BCUT2D eigenvalue weighted by Gasteiger charge is -2.31. The van der Waals surface area contributed by atoms with Crippen molar-refractivity contribution in [3.05, 3.63) is 29.8 Å². The Hall–Kier alpha value is -2.57. The summed E-state index contributed by atoms with van der Waals surface area (Å²) in [6.45, 7) is 3.30. The van der Waals surface area contributed by atoms with Crippen molar-refractivity contribution in [1.82, 2.24) is 4.90 Å². The molecule has 2 rings (SSSR count). The molecular formula is C17H23N3O4. The van der Waals surface area contributed by atoms with E-state index in [1.54, 1.807) is 36.1 Å². The monoisotopic (exact) mass is 333 g/mol. The summed E-state index contributed by atoms with van der Waals surface area (Å²) < 4.78 is 5.02. The predicted octanol–water partition coefficient (Wildman–Crippen LogP) is 0.999. The Morgan fingerprint density at radius 2 is 1.92 bits per heavy atom. The van der Waals surface area contributed by atoms with E-state index in [9.17, 15) is 14.4 Å². The van der Waals surface area contributed by atoms with Crippen LogP contribution >= 0.6 is 0 Å². The molecule has 0 unspecified atom stereocenters. The number of carbonyl (C=O) groups is 3. The van der Waals surface area contributed by atoms with Crippen molar-refractivity contribution in [2.24, 2.45) is 11.7 Å². The van der Waals surface area contributed by atoms with Crippen molar-refractivity contribution in [1.29, 1.82) is 0 Å². The van der Waals surface area contributed by atoms with Crippen LogP contribution in [-0.4, -0.2) is 48.9 Å². The second kappa shape index (κ2) is 8.33. The zero-order valence-electron chi connectivity index (χ0n) is 13.8. The molecule has 0 aliphatic carbocycles. The molecule has 0 saturated carbocycles. The van der Waals surface area contributed by atoms with Gasteiger partial charge in [0.05, 0.1) is 24.6 Å². The molecule has 7 nitrogen and oxygen atoms in total. The van der Waals surface area contributed by atoms with Gasteiger partial charge in [-0.1, -0.05) is 12.1 Å². The number of nitrogens with two attached hydrogens (primary N) is 1. The molecule has 2 amide bonds. The molecule has 0 radical (unpaired) electrons. The lowest BCUT2D eigenvalue weighted by atomic mass is 9.97. The molecule has 1 aromatic carbocycles. The molecule has 0 bridgehead atoms. The number of piperidine rings is 1. The number of likely N-dealkylation sites (tertiary alicyclic amines) is 1. The normalized spacial score (nSPS) is 15.0. The molecule has 3 N–H and O–H groups in total. The van der Waals surface area contributed by atoms with Crippen LogP contribution in [0.15, 0.2) is 24.3 Å². The minimum Gasteiger partial charge on any atom is -0.466 e. The van der Waals surface area contributed by atoms with Gasteiger partial charge in [-0.2, -0.15) is 0 Å². The number of hydrogen-bond acceptors (Lipinski definition) is 5. The largest absolute Gasteiger partial charge is 0.466 e. The first-order valence-corrected chi connectivity index (χ1v) is 8.10. The minimum atomic E-state index is -0.541. The first-order valence-electron chi connectivity index (χ1n) is 8.10. The highest BCUT2D eigenvalue weighted by Gasteiger charge is 2.28. The van der Waals surface area contributed by atoms with Crippen LogP contribution in [0.3, 0.4) is 0 Å². The van der Waals surface area contributed by atoms with E-state index in [-0.39, 0.29) is 24.3 Å². The molecule has 1 aliphatic rings. The van der Waals surface area contributed by atoms with Crippen LogP contribution in [0.25, 0.3) is 0 Å². The number of para-hydroxylation sites is 1. The van der Waals surface area contributed by atoms with Gasteiger partial charge in [0.1, 0.15) is 0 Å². The standard InChI is InChI=1S/C17H23N3O4/c1-2-24-17(23)12-7-9-20(10-8-12)15(21)11-19-14-6-4-3-5-13(14)16(18)22/h3-6,12,19H,2,7-11H2,1H3,(H2,18,22). The van der Waals surface area contributed by atoms with Crippen molar-refractivity contribution in [2.45, 2.75) is 19.8 Å². The number of anilines is 1. The number of rotatable bonds is 6. The molecule has 130 valence electrons. The zero-order valence-corrected chi connectivity index (χ0v) is 13.8. The van der Waals surface area contributed by atoms with Gasteiger partial charge in [0.2, 0.25) is 5.91 Å². The van der Waals surface area contributed by atoms with Gasteiger partial charge in [0.15, 0.2) is 0 Å². The smallest absolute Gasteiger partial charge is 0.309 e. The number of carbonyl (C=O) groups excluding carboxylic acids is 3. The molecule has 0 spiro atoms. The fraction of sp³-hybridized carbons (Fsp3) is 0.471. The summed E-state index contributed by atoms with van der Waals surface area (Å²) in [5.41, 5.74) is 6.21. The van der Waals surface area contributed by atoms with Crippen molar-refractivity contribution in [3.63, 3.8) is 0 Å². The third kappa shape index (κ3) is 4.47. The van der Waals surface area contributed by atoms with E-state index >= 15 is 0 Å². The zero-order chi connectivity index (χ0) is 17.5. The van der Waals surface area contributed by atoms with Crippen LogP contribution in [-0.2, 0) is 14.3 Å². The van der Waals surface area contributed by atoms with E-state index in [1.165, 1.54) is 0 Å². The van der Waals surface area contributed by atoms with E-state index in [4.69, 9.17) is 10.5 Å². The highest BCUT2D eigenvalue weighted by molar-refractivity contribution is 5.99. The minimum absolute atomic E-state index is 0.0726. The van der Waals surface area contributed by atoms with Gasteiger partial charge in [-0.05, 0) is 31.9 Å². The summed E-state index contributed by atoms with van der Waals surface area (Å²) in [7, 11) is 0. The molecule has 1 heterocycles. The molecular weight excluding hydrogens is 310 g/mol. The second-order valence-electron chi connectivity index (χ2n) is 5.67. The van der Waals surface area contributed by atoms with Crippen LogP contribution in [0.5, 0.6) is 0 Å². The van der Waals surface area contributed by atoms with E-state index in [0.29, 0.717) is 43.8 Å². The lowest BCUT2D eigenvalue weighted by molar-refractivity contribution is -0.151. The topological polar surface area (TPSA) is 102 Å². The van der Waals surface area contributed by atoms with Crippen molar-refractivity contribution in [3.8, 4) is 0 Å². The maximum Gasteiger partial charge on any atom is 0.309 e. The van der Waals surface area contributed by atoms with Gasteiger partial charge in [-0.3, -0.25) is 14.4 Å². The number of nitrogens with zero attached hydrogens (tertiary/aromatic N) is 1. The first kappa shape index (κ1) is 17.8. The third-order valence-corrected chi connectivity index (χ3v) is 4.09. The van der Waals surface area contributed by atoms with Gasteiger partial charge in [-0.25, -0.2) is 0 Å². The van der Waals surface area contributed by atoms with Gasteiger partial charge in [0.25, 0.3) is 5.91 Å². The van der Waals surface area contributed by atoms with Gasteiger partial charge in [0, 0.05) is 18.8 Å². The molecule has 1 fully saturated rings. The van der Waals surface area contributed by atoms with Crippen LogP contribution < -0.4 is 11.1 Å². The number of primary amides is 1. The Bertz CT molecular complexity index is 610. The highest BCUT2D eigenvalue weighted by Crippen LogP contribution is 2.19. The van der Waals surface area contributed by atoms with E-state index in [2.05, 4.69) is 5.32 Å². The number of amides is 2. The summed E-state index contributed by atoms with van der Waals surface area (Å²) in [5.74, 6) is -0.923.